The number of esters is 1. The summed E-state index contributed by atoms with van der Waals surface area (Å²) in [5.41, 5.74) is 2.59. The van der Waals surface area contributed by atoms with Gasteiger partial charge in [0.05, 0.1) is 18.3 Å². The molecule has 2 aromatic heterocycles. The van der Waals surface area contributed by atoms with Gasteiger partial charge < -0.3 is 29.7 Å². The minimum Gasteiger partial charge on any atom is -0.462 e. The number of alkyl halides is 2. The van der Waals surface area contributed by atoms with E-state index in [1.54, 1.807) is 25.8 Å². The first-order chi connectivity index (χ1) is 16.9. The molecule has 1 saturated carbocycles. The number of nitrogens with zero attached hydrogens (tertiary/aromatic N) is 5. The highest BCUT2D eigenvalue weighted by Gasteiger charge is 2.89. The third kappa shape index (κ3) is 4.13. The smallest absolute Gasteiger partial charge is 0.323 e. The van der Waals surface area contributed by atoms with Gasteiger partial charge in [-0.1, -0.05) is 0 Å². The van der Waals surface area contributed by atoms with Gasteiger partial charge >= 0.3 is 5.97 Å². The number of imidazole rings is 1. The second-order valence-electron chi connectivity index (χ2n) is 9.14. The standard InChI is InChI=1S/C20H30ClFN7O6P/c1-6-28(5)13-11-14(26-18(23)25-13)29(8-24-11)15-12(22)20(31)17(19(20,7-21)34-15)35-36(32)27-10(4)16(30)33-9(2)3/h8-10,12,15,17,31,36H,6-7H2,1-5H3,(H,27,32)(H2,23,25,26)/t10-,12-,15+,17?,19+,20+/m0/s1. The van der Waals surface area contributed by atoms with Crippen LogP contribution in [0.5, 0.6) is 0 Å². The predicted molar refractivity (Wildman–Crippen MR) is 130 cm³/mol. The average molecular weight is 550 g/mol. The van der Waals surface area contributed by atoms with Crippen LogP contribution in [0.3, 0.4) is 0 Å². The largest absolute Gasteiger partial charge is 0.462 e. The molecule has 16 heteroatoms. The number of halogens is 2. The molecule has 7 atom stereocenters. The summed E-state index contributed by atoms with van der Waals surface area (Å²) in [6.45, 7) is 7.33. The van der Waals surface area contributed by atoms with Crippen LogP contribution in [0, 0.1) is 0 Å². The van der Waals surface area contributed by atoms with Gasteiger partial charge in [-0.15, -0.1) is 11.6 Å². The van der Waals surface area contributed by atoms with Crippen LogP contribution >= 0.6 is 19.8 Å². The van der Waals surface area contributed by atoms with Crippen LogP contribution in [0.25, 0.3) is 11.2 Å². The number of nitrogens with two attached hydrogens (primary N) is 1. The summed E-state index contributed by atoms with van der Waals surface area (Å²) in [5.74, 6) is -0.563. The lowest BCUT2D eigenvalue weighted by Gasteiger charge is -2.24. The summed E-state index contributed by atoms with van der Waals surface area (Å²) in [5, 5.41) is 13.7. The maximum Gasteiger partial charge on any atom is 0.323 e. The van der Waals surface area contributed by atoms with Crippen LogP contribution in [-0.4, -0.2) is 85.7 Å². The maximum absolute atomic E-state index is 15.8. The molecule has 4 rings (SSSR count). The number of nitrogen functional groups attached to an aromatic ring is 1. The number of aromatic nitrogens is 4. The van der Waals surface area contributed by atoms with Gasteiger partial charge in [0.1, 0.15) is 17.7 Å². The lowest BCUT2D eigenvalue weighted by molar-refractivity contribution is -0.149. The molecule has 36 heavy (non-hydrogen) atoms. The first-order valence-corrected chi connectivity index (χ1v) is 13.2. The van der Waals surface area contributed by atoms with E-state index < -0.39 is 49.9 Å². The second kappa shape index (κ2) is 9.66. The molecule has 0 amide bonds. The van der Waals surface area contributed by atoms with Crippen molar-refractivity contribution in [2.75, 3.05) is 30.1 Å². The number of carbonyl (C=O) groups is 1. The van der Waals surface area contributed by atoms with Crippen molar-refractivity contribution < 1.29 is 32.9 Å². The number of carbonyl (C=O) groups excluding carboxylic acids is 1. The molecule has 0 radical (unpaired) electrons. The molecule has 0 bridgehead atoms. The number of rotatable bonds is 10. The Balaban J connectivity index is 1.54. The van der Waals surface area contributed by atoms with Crippen molar-refractivity contribution in [3.05, 3.63) is 6.33 Å². The number of fused-ring (bicyclic) bond motifs is 2. The van der Waals surface area contributed by atoms with Crippen molar-refractivity contribution in [3.63, 3.8) is 0 Å². The molecule has 0 spiro atoms. The van der Waals surface area contributed by atoms with Crippen LogP contribution in [0.1, 0.15) is 33.9 Å². The zero-order valence-electron chi connectivity index (χ0n) is 20.4. The molecule has 1 aliphatic carbocycles. The van der Waals surface area contributed by atoms with Crippen LogP contribution < -0.4 is 15.7 Å². The van der Waals surface area contributed by atoms with Gasteiger partial charge in [0, 0.05) is 13.6 Å². The molecule has 2 unspecified atom stereocenters. The van der Waals surface area contributed by atoms with E-state index in [1.807, 2.05) is 6.92 Å². The third-order valence-corrected chi connectivity index (χ3v) is 7.93. The van der Waals surface area contributed by atoms with E-state index in [2.05, 4.69) is 20.0 Å². The molecule has 200 valence electrons. The molecule has 2 aliphatic rings. The van der Waals surface area contributed by atoms with Crippen molar-refractivity contribution in [3.8, 4) is 0 Å². The molecule has 2 fully saturated rings. The van der Waals surface area contributed by atoms with Crippen molar-refractivity contribution in [1.82, 2.24) is 24.6 Å². The van der Waals surface area contributed by atoms with Gasteiger partial charge in [-0.2, -0.15) is 9.97 Å². The van der Waals surface area contributed by atoms with E-state index in [0.29, 0.717) is 17.9 Å². The summed E-state index contributed by atoms with van der Waals surface area (Å²) < 4.78 is 46.0. The quantitative estimate of drug-likeness (QED) is 0.220. The lowest BCUT2D eigenvalue weighted by Crippen LogP contribution is -2.35. The van der Waals surface area contributed by atoms with Crippen LogP contribution in [0.15, 0.2) is 6.33 Å². The monoisotopic (exact) mass is 549 g/mol. The molecule has 13 nitrogen and oxygen atoms in total. The Morgan fingerprint density at radius 1 is 1.47 bits per heavy atom. The second-order valence-corrected chi connectivity index (χ2v) is 10.5. The molecule has 3 heterocycles. The van der Waals surface area contributed by atoms with E-state index in [4.69, 9.17) is 31.3 Å². The SMILES string of the molecule is CCN(C)c1nc(N)nc2c1ncn2[C@@H]1O[C@]2(CCl)C(O[PH](=O)N[C@@H](C)C(=O)OC(C)C)[C@]2(O)[C@H]1F. The molecular formula is C20H30ClFN7O6P. The minimum absolute atomic E-state index is 0.0418. The molecule has 2 aromatic rings. The topological polar surface area (TPSA) is 167 Å². The Labute approximate surface area is 212 Å². The Kier molecular flexibility index (Phi) is 7.23. The highest BCUT2D eigenvalue weighted by molar-refractivity contribution is 7.36. The third-order valence-electron chi connectivity index (χ3n) is 6.41. The van der Waals surface area contributed by atoms with Gasteiger partial charge in [0.25, 0.3) is 8.18 Å². The van der Waals surface area contributed by atoms with Gasteiger partial charge in [0.2, 0.25) is 5.95 Å². The van der Waals surface area contributed by atoms with Gasteiger partial charge in [0.15, 0.2) is 35.0 Å². The number of ether oxygens (including phenoxy) is 2. The van der Waals surface area contributed by atoms with Gasteiger partial charge in [-0.3, -0.25) is 13.9 Å². The van der Waals surface area contributed by atoms with E-state index in [1.165, 1.54) is 17.8 Å². The van der Waals surface area contributed by atoms with E-state index in [9.17, 15) is 14.5 Å². The fourth-order valence-corrected chi connectivity index (χ4v) is 5.87. The number of hydrogen-bond acceptors (Lipinski definition) is 11. The Morgan fingerprint density at radius 2 is 2.17 bits per heavy atom. The van der Waals surface area contributed by atoms with Gasteiger partial charge in [-0.25, -0.2) is 14.5 Å². The fraction of sp³-hybridized carbons (Fsp3) is 0.700. The molecule has 1 saturated heterocycles. The normalized spacial score (nSPS) is 30.9. The summed E-state index contributed by atoms with van der Waals surface area (Å²) in [6, 6.07) is -0.952. The Morgan fingerprint density at radius 3 is 2.75 bits per heavy atom. The van der Waals surface area contributed by atoms with Crippen LogP contribution in [0.4, 0.5) is 16.2 Å². The lowest BCUT2D eigenvalue weighted by atomic mass is 10.1. The minimum atomic E-state index is -3.11. The Hall–Kier alpha value is -2.09. The summed E-state index contributed by atoms with van der Waals surface area (Å²) in [6.07, 6.45) is -3.77. The summed E-state index contributed by atoms with van der Waals surface area (Å²) in [4.78, 5) is 26.5. The number of aliphatic hydroxyl groups is 1. The van der Waals surface area contributed by atoms with Crippen molar-refractivity contribution >= 4 is 48.7 Å². The zero-order valence-corrected chi connectivity index (χ0v) is 22.2. The predicted octanol–water partition coefficient (Wildman–Crippen LogP) is 1.16. The van der Waals surface area contributed by atoms with Gasteiger partial charge in [-0.05, 0) is 27.7 Å². The van der Waals surface area contributed by atoms with Crippen molar-refractivity contribution in [1.29, 1.82) is 0 Å². The first kappa shape index (κ1) is 27.0. The molecule has 0 aromatic carbocycles. The number of hydrogen-bond donors (Lipinski definition) is 3. The molecule has 1 aliphatic heterocycles. The van der Waals surface area contributed by atoms with Crippen molar-refractivity contribution in [2.45, 2.75) is 69.5 Å². The number of nitrogens with one attached hydrogen (secondary N) is 1. The fourth-order valence-electron chi connectivity index (χ4n) is 4.33. The summed E-state index contributed by atoms with van der Waals surface area (Å²) >= 11 is 6.10. The maximum atomic E-state index is 15.8. The van der Waals surface area contributed by atoms with Crippen LogP contribution in [0.2, 0.25) is 0 Å². The van der Waals surface area contributed by atoms with Crippen molar-refractivity contribution in [2.24, 2.45) is 0 Å². The highest BCUT2D eigenvalue weighted by atomic mass is 35.5. The average Bonchev–Trinajstić information content (AvgIpc) is 3.06. The van der Waals surface area contributed by atoms with Crippen LogP contribution in [-0.2, 0) is 23.4 Å². The molecule has 4 N–H and O–H groups in total. The Bertz CT molecular complexity index is 1180. The van der Waals surface area contributed by atoms with E-state index >= 15 is 4.39 Å². The van der Waals surface area contributed by atoms with E-state index in [-0.39, 0.29) is 23.6 Å². The molecular weight excluding hydrogens is 520 g/mol. The first-order valence-electron chi connectivity index (χ1n) is 11.4. The van der Waals surface area contributed by atoms with E-state index in [0.717, 1.165) is 0 Å². The number of anilines is 2. The highest BCUT2D eigenvalue weighted by Crippen LogP contribution is 2.67. The zero-order chi connectivity index (χ0) is 26.6. The summed E-state index contributed by atoms with van der Waals surface area (Å²) in [7, 11) is -1.31.